The summed E-state index contributed by atoms with van der Waals surface area (Å²) in [5, 5.41) is 18.7. The summed E-state index contributed by atoms with van der Waals surface area (Å²) in [6, 6.07) is 15.5. The van der Waals surface area contributed by atoms with E-state index in [4.69, 9.17) is 21.6 Å². The Morgan fingerprint density at radius 1 is 1.11 bits per heavy atom. The number of rotatable bonds is 3. The smallest absolute Gasteiger partial charge is 0.166 e. The molecule has 0 fully saturated rings. The SMILES string of the molecule is N#CC(O)c1cccc(Oc2ccc(Cl)cc2)c1. The normalized spacial score (nSPS) is 11.6. The highest BCUT2D eigenvalue weighted by molar-refractivity contribution is 6.30. The van der Waals surface area contributed by atoms with Gasteiger partial charge in [-0.1, -0.05) is 23.7 Å². The van der Waals surface area contributed by atoms with Crippen molar-refractivity contribution in [2.45, 2.75) is 6.10 Å². The van der Waals surface area contributed by atoms with Gasteiger partial charge in [0.15, 0.2) is 6.10 Å². The number of ether oxygens (including phenoxy) is 1. The molecule has 90 valence electrons. The first-order chi connectivity index (χ1) is 8.69. The second kappa shape index (κ2) is 5.54. The van der Waals surface area contributed by atoms with Crippen molar-refractivity contribution in [3.05, 3.63) is 59.1 Å². The minimum Gasteiger partial charge on any atom is -0.457 e. The van der Waals surface area contributed by atoms with Crippen molar-refractivity contribution in [1.82, 2.24) is 0 Å². The van der Waals surface area contributed by atoms with E-state index in [2.05, 4.69) is 0 Å². The second-order valence-electron chi connectivity index (χ2n) is 3.66. The van der Waals surface area contributed by atoms with Crippen LogP contribution in [0.1, 0.15) is 11.7 Å². The molecule has 0 radical (unpaired) electrons. The van der Waals surface area contributed by atoms with Crippen molar-refractivity contribution < 1.29 is 9.84 Å². The Kier molecular flexibility index (Phi) is 3.83. The Morgan fingerprint density at radius 2 is 1.83 bits per heavy atom. The first kappa shape index (κ1) is 12.4. The van der Waals surface area contributed by atoms with Gasteiger partial charge in [0.25, 0.3) is 0 Å². The van der Waals surface area contributed by atoms with Gasteiger partial charge in [0.2, 0.25) is 0 Å². The van der Waals surface area contributed by atoms with Crippen LogP contribution in [0.4, 0.5) is 0 Å². The van der Waals surface area contributed by atoms with Gasteiger partial charge in [-0.15, -0.1) is 0 Å². The lowest BCUT2D eigenvalue weighted by molar-refractivity contribution is 0.235. The van der Waals surface area contributed by atoms with Crippen molar-refractivity contribution in [1.29, 1.82) is 5.26 Å². The monoisotopic (exact) mass is 259 g/mol. The van der Waals surface area contributed by atoms with Crippen LogP contribution in [0.5, 0.6) is 11.5 Å². The lowest BCUT2D eigenvalue weighted by atomic mass is 10.1. The minimum atomic E-state index is -1.14. The van der Waals surface area contributed by atoms with Gasteiger partial charge in [-0.05, 0) is 42.0 Å². The molecule has 0 heterocycles. The number of aliphatic hydroxyl groups is 1. The van der Waals surface area contributed by atoms with Gasteiger partial charge in [-0.2, -0.15) is 5.26 Å². The lowest BCUT2D eigenvalue weighted by Gasteiger charge is -2.08. The summed E-state index contributed by atoms with van der Waals surface area (Å²) in [5.74, 6) is 1.20. The molecule has 2 aromatic carbocycles. The van der Waals surface area contributed by atoms with Crippen LogP contribution in [0, 0.1) is 11.3 Å². The number of nitriles is 1. The third kappa shape index (κ3) is 3.01. The van der Waals surface area contributed by atoms with Gasteiger partial charge < -0.3 is 9.84 Å². The van der Waals surface area contributed by atoms with E-state index in [-0.39, 0.29) is 0 Å². The van der Waals surface area contributed by atoms with E-state index in [0.29, 0.717) is 22.1 Å². The van der Waals surface area contributed by atoms with Crippen LogP contribution in [-0.2, 0) is 0 Å². The molecule has 2 aromatic rings. The molecule has 0 bridgehead atoms. The highest BCUT2D eigenvalue weighted by atomic mass is 35.5. The number of nitrogens with zero attached hydrogens (tertiary/aromatic N) is 1. The number of halogens is 1. The van der Waals surface area contributed by atoms with Gasteiger partial charge in [0.05, 0.1) is 6.07 Å². The van der Waals surface area contributed by atoms with Crippen molar-refractivity contribution in [3.8, 4) is 17.6 Å². The van der Waals surface area contributed by atoms with Crippen LogP contribution in [-0.4, -0.2) is 5.11 Å². The quantitative estimate of drug-likeness (QED) is 0.856. The van der Waals surface area contributed by atoms with Gasteiger partial charge in [-0.3, -0.25) is 0 Å². The molecule has 2 rings (SSSR count). The second-order valence-corrected chi connectivity index (χ2v) is 4.10. The summed E-state index contributed by atoms with van der Waals surface area (Å²) in [4.78, 5) is 0. The van der Waals surface area contributed by atoms with E-state index < -0.39 is 6.10 Å². The Morgan fingerprint density at radius 3 is 2.50 bits per heavy atom. The fourth-order valence-corrected chi connectivity index (χ4v) is 1.59. The van der Waals surface area contributed by atoms with E-state index in [1.165, 1.54) is 0 Å². The van der Waals surface area contributed by atoms with Crippen LogP contribution < -0.4 is 4.74 Å². The average Bonchev–Trinajstić information content (AvgIpc) is 2.41. The Hall–Kier alpha value is -2.02. The van der Waals surface area contributed by atoms with Gasteiger partial charge in [0.1, 0.15) is 11.5 Å². The van der Waals surface area contributed by atoms with Crippen molar-refractivity contribution >= 4 is 11.6 Å². The highest BCUT2D eigenvalue weighted by Crippen LogP contribution is 2.25. The first-order valence-corrected chi connectivity index (χ1v) is 5.68. The van der Waals surface area contributed by atoms with Crippen LogP contribution in [0.25, 0.3) is 0 Å². The highest BCUT2D eigenvalue weighted by Gasteiger charge is 2.06. The zero-order chi connectivity index (χ0) is 13.0. The number of aliphatic hydroxyl groups excluding tert-OH is 1. The summed E-state index contributed by atoms with van der Waals surface area (Å²) in [6.45, 7) is 0. The molecule has 0 aliphatic rings. The van der Waals surface area contributed by atoms with Gasteiger partial charge >= 0.3 is 0 Å². The topological polar surface area (TPSA) is 53.2 Å². The van der Waals surface area contributed by atoms with Crippen molar-refractivity contribution in [3.63, 3.8) is 0 Å². The summed E-state index contributed by atoms with van der Waals surface area (Å²) in [7, 11) is 0. The average molecular weight is 260 g/mol. The molecule has 1 atom stereocenters. The van der Waals surface area contributed by atoms with Crippen molar-refractivity contribution in [2.24, 2.45) is 0 Å². The number of hydrogen-bond donors (Lipinski definition) is 1. The summed E-state index contributed by atoms with van der Waals surface area (Å²) in [5.41, 5.74) is 0.504. The summed E-state index contributed by atoms with van der Waals surface area (Å²) in [6.07, 6.45) is -1.14. The van der Waals surface area contributed by atoms with Crippen LogP contribution in [0.3, 0.4) is 0 Å². The summed E-state index contributed by atoms with van der Waals surface area (Å²) < 4.78 is 5.59. The Labute approximate surface area is 110 Å². The molecule has 0 aromatic heterocycles. The molecule has 18 heavy (non-hydrogen) atoms. The fraction of sp³-hybridized carbons (Fsp3) is 0.0714. The van der Waals surface area contributed by atoms with E-state index >= 15 is 0 Å². The molecule has 0 aliphatic heterocycles. The maximum Gasteiger partial charge on any atom is 0.166 e. The molecule has 1 N–H and O–H groups in total. The Bertz CT molecular complexity index is 575. The molecular formula is C14H10ClNO2. The largest absolute Gasteiger partial charge is 0.457 e. The van der Waals surface area contributed by atoms with Crippen LogP contribution >= 0.6 is 11.6 Å². The number of hydrogen-bond acceptors (Lipinski definition) is 3. The summed E-state index contributed by atoms with van der Waals surface area (Å²) >= 11 is 5.78. The van der Waals surface area contributed by atoms with Gasteiger partial charge in [0, 0.05) is 5.02 Å². The van der Waals surface area contributed by atoms with Crippen LogP contribution in [0.15, 0.2) is 48.5 Å². The van der Waals surface area contributed by atoms with E-state index in [9.17, 15) is 5.11 Å². The fourth-order valence-electron chi connectivity index (χ4n) is 1.46. The third-order valence-electron chi connectivity index (χ3n) is 2.35. The molecule has 0 saturated heterocycles. The van der Waals surface area contributed by atoms with E-state index in [1.54, 1.807) is 54.6 Å². The van der Waals surface area contributed by atoms with Crippen LogP contribution in [0.2, 0.25) is 5.02 Å². The van der Waals surface area contributed by atoms with Gasteiger partial charge in [-0.25, -0.2) is 0 Å². The minimum absolute atomic E-state index is 0.504. The zero-order valence-electron chi connectivity index (χ0n) is 9.38. The molecule has 1 unspecified atom stereocenters. The third-order valence-corrected chi connectivity index (χ3v) is 2.60. The molecule has 3 nitrogen and oxygen atoms in total. The molecule has 0 spiro atoms. The van der Waals surface area contributed by atoms with E-state index in [0.717, 1.165) is 0 Å². The molecule has 0 amide bonds. The maximum absolute atomic E-state index is 9.42. The maximum atomic E-state index is 9.42. The molecule has 4 heteroatoms. The van der Waals surface area contributed by atoms with E-state index in [1.807, 2.05) is 0 Å². The lowest BCUT2D eigenvalue weighted by Crippen LogP contribution is -1.93. The number of benzene rings is 2. The first-order valence-electron chi connectivity index (χ1n) is 5.30. The molecule has 0 aliphatic carbocycles. The predicted molar refractivity (Wildman–Crippen MR) is 68.5 cm³/mol. The predicted octanol–water partition coefficient (Wildman–Crippen LogP) is 3.69. The molecular weight excluding hydrogens is 250 g/mol. The standard InChI is InChI=1S/C14H10ClNO2/c15-11-4-6-12(7-5-11)18-13-3-1-2-10(8-13)14(17)9-16/h1-8,14,17H. The van der Waals surface area contributed by atoms with Crippen molar-refractivity contribution in [2.75, 3.05) is 0 Å². The zero-order valence-corrected chi connectivity index (χ0v) is 10.1. The molecule has 0 saturated carbocycles. The Balaban J connectivity index is 2.19.